The van der Waals surface area contributed by atoms with Crippen molar-refractivity contribution in [2.45, 2.75) is 37.9 Å². The van der Waals surface area contributed by atoms with Crippen LogP contribution in [0, 0.1) is 0 Å². The number of ether oxygens (including phenoxy) is 2. The number of nitrogens with one attached hydrogen (secondary N) is 4. The Morgan fingerprint density at radius 1 is 0.808 bits per heavy atom. The van der Waals surface area contributed by atoms with Crippen LogP contribution >= 0.6 is 0 Å². The van der Waals surface area contributed by atoms with Crippen LogP contribution in [0.3, 0.4) is 0 Å². The Bertz CT molecular complexity index is 543. The number of hydrogen-bond acceptors (Lipinski definition) is 4. The summed E-state index contributed by atoms with van der Waals surface area (Å²) in [6.45, 7) is 2.56. The summed E-state index contributed by atoms with van der Waals surface area (Å²) in [6, 6.07) is 6.41. The van der Waals surface area contributed by atoms with E-state index in [0.29, 0.717) is 24.5 Å². The minimum absolute atomic E-state index is 0.112. The number of amides is 4. The molecule has 0 unspecified atom stereocenters. The van der Waals surface area contributed by atoms with E-state index in [4.69, 9.17) is 9.47 Å². The maximum atomic E-state index is 11.9. The SMILES string of the molecule is O=C(NC[C@H]1CCCO1)Nc1ccc(NC(=O)NC[C@@H]2CCCO2)cc1. The van der Waals surface area contributed by atoms with Gasteiger partial charge in [0.25, 0.3) is 0 Å². The minimum atomic E-state index is -0.268. The molecule has 0 aliphatic carbocycles. The zero-order chi connectivity index (χ0) is 18.2. The summed E-state index contributed by atoms with van der Waals surface area (Å²) in [4.78, 5) is 23.7. The van der Waals surface area contributed by atoms with Crippen LogP contribution in [-0.2, 0) is 9.47 Å². The van der Waals surface area contributed by atoms with E-state index < -0.39 is 0 Å². The Morgan fingerprint density at radius 3 is 1.58 bits per heavy atom. The zero-order valence-corrected chi connectivity index (χ0v) is 14.8. The van der Waals surface area contributed by atoms with Crippen molar-refractivity contribution < 1.29 is 19.1 Å². The molecule has 4 N–H and O–H groups in total. The highest BCUT2D eigenvalue weighted by Crippen LogP contribution is 2.14. The first-order chi connectivity index (χ1) is 12.7. The normalized spacial score (nSPS) is 22.0. The summed E-state index contributed by atoms with van der Waals surface area (Å²) in [5, 5.41) is 11.1. The Labute approximate surface area is 153 Å². The lowest BCUT2D eigenvalue weighted by Crippen LogP contribution is -2.35. The highest BCUT2D eigenvalue weighted by molar-refractivity contribution is 5.91. The third-order valence-corrected chi connectivity index (χ3v) is 4.43. The van der Waals surface area contributed by atoms with E-state index >= 15 is 0 Å². The summed E-state index contributed by atoms with van der Waals surface area (Å²) in [5.41, 5.74) is 1.31. The van der Waals surface area contributed by atoms with Gasteiger partial charge in [-0.3, -0.25) is 0 Å². The maximum absolute atomic E-state index is 11.9. The van der Waals surface area contributed by atoms with Gasteiger partial charge in [0, 0.05) is 37.7 Å². The molecular formula is C18H26N4O4. The smallest absolute Gasteiger partial charge is 0.319 e. The molecule has 1 aromatic rings. The third kappa shape index (κ3) is 5.89. The second-order valence-electron chi connectivity index (χ2n) is 6.52. The first kappa shape index (κ1) is 18.5. The molecule has 1 aromatic carbocycles. The number of carbonyl (C=O) groups excluding carboxylic acids is 2. The van der Waals surface area contributed by atoms with Crippen molar-refractivity contribution in [3.8, 4) is 0 Å². The lowest BCUT2D eigenvalue weighted by molar-refractivity contribution is 0.112. The van der Waals surface area contributed by atoms with Gasteiger partial charge in [0.05, 0.1) is 12.2 Å². The maximum Gasteiger partial charge on any atom is 0.319 e. The average Bonchev–Trinajstić information content (AvgIpc) is 3.34. The van der Waals surface area contributed by atoms with Crippen molar-refractivity contribution in [3.63, 3.8) is 0 Å². The fourth-order valence-corrected chi connectivity index (χ4v) is 3.01. The van der Waals surface area contributed by atoms with Crippen molar-refractivity contribution in [2.24, 2.45) is 0 Å². The van der Waals surface area contributed by atoms with Crippen LogP contribution < -0.4 is 21.3 Å². The van der Waals surface area contributed by atoms with Crippen molar-refractivity contribution >= 4 is 23.4 Å². The summed E-state index contributed by atoms with van der Waals surface area (Å²) < 4.78 is 10.9. The van der Waals surface area contributed by atoms with Crippen LogP contribution in [0.25, 0.3) is 0 Å². The molecule has 8 heteroatoms. The molecule has 0 saturated carbocycles. The second kappa shape index (κ2) is 9.40. The molecule has 2 atom stereocenters. The van der Waals surface area contributed by atoms with Crippen LogP contribution in [0.2, 0.25) is 0 Å². The quantitative estimate of drug-likeness (QED) is 0.624. The van der Waals surface area contributed by atoms with Gasteiger partial charge in [-0.05, 0) is 49.9 Å². The van der Waals surface area contributed by atoms with E-state index in [-0.39, 0.29) is 24.3 Å². The Balaban J connectivity index is 1.36. The van der Waals surface area contributed by atoms with Crippen LogP contribution in [0.15, 0.2) is 24.3 Å². The highest BCUT2D eigenvalue weighted by Gasteiger charge is 2.17. The van der Waals surface area contributed by atoms with Gasteiger partial charge < -0.3 is 30.7 Å². The van der Waals surface area contributed by atoms with E-state index in [0.717, 1.165) is 38.9 Å². The molecule has 2 heterocycles. The van der Waals surface area contributed by atoms with Gasteiger partial charge in [0.2, 0.25) is 0 Å². The predicted octanol–water partition coefficient (Wildman–Crippen LogP) is 2.29. The first-order valence-corrected chi connectivity index (χ1v) is 9.12. The second-order valence-corrected chi connectivity index (χ2v) is 6.52. The molecule has 142 valence electrons. The first-order valence-electron chi connectivity index (χ1n) is 9.12. The van der Waals surface area contributed by atoms with Crippen molar-refractivity contribution in [2.75, 3.05) is 36.9 Å². The van der Waals surface area contributed by atoms with Gasteiger partial charge in [-0.15, -0.1) is 0 Å². The molecule has 2 fully saturated rings. The van der Waals surface area contributed by atoms with Gasteiger partial charge in [-0.25, -0.2) is 9.59 Å². The molecule has 0 aromatic heterocycles. The van der Waals surface area contributed by atoms with E-state index in [1.54, 1.807) is 24.3 Å². The largest absolute Gasteiger partial charge is 0.376 e. The van der Waals surface area contributed by atoms with Gasteiger partial charge in [-0.1, -0.05) is 0 Å². The molecule has 2 aliphatic rings. The monoisotopic (exact) mass is 362 g/mol. The lowest BCUT2D eigenvalue weighted by Gasteiger charge is -2.13. The number of urea groups is 2. The molecule has 0 spiro atoms. The van der Waals surface area contributed by atoms with Crippen LogP contribution in [-0.4, -0.2) is 50.6 Å². The van der Waals surface area contributed by atoms with E-state index in [1.165, 1.54) is 0 Å². The van der Waals surface area contributed by atoms with Crippen molar-refractivity contribution in [3.05, 3.63) is 24.3 Å². The topological polar surface area (TPSA) is 101 Å². The average molecular weight is 362 g/mol. The number of rotatable bonds is 6. The number of hydrogen-bond donors (Lipinski definition) is 4. The van der Waals surface area contributed by atoms with Crippen molar-refractivity contribution in [1.82, 2.24) is 10.6 Å². The summed E-state index contributed by atoms with van der Waals surface area (Å²) in [7, 11) is 0. The minimum Gasteiger partial charge on any atom is -0.376 e. The molecule has 8 nitrogen and oxygen atoms in total. The van der Waals surface area contributed by atoms with Gasteiger partial charge in [0.15, 0.2) is 0 Å². The summed E-state index contributed by atoms with van der Waals surface area (Å²) in [5.74, 6) is 0. The van der Waals surface area contributed by atoms with E-state index in [2.05, 4.69) is 21.3 Å². The Hall–Kier alpha value is -2.32. The van der Waals surface area contributed by atoms with E-state index in [9.17, 15) is 9.59 Å². The molecule has 0 radical (unpaired) electrons. The molecule has 0 bridgehead atoms. The fraction of sp³-hybridized carbons (Fsp3) is 0.556. The molecule has 26 heavy (non-hydrogen) atoms. The molecule has 4 amide bonds. The lowest BCUT2D eigenvalue weighted by atomic mass is 10.2. The van der Waals surface area contributed by atoms with Gasteiger partial charge >= 0.3 is 12.1 Å². The fourth-order valence-electron chi connectivity index (χ4n) is 3.01. The van der Waals surface area contributed by atoms with Crippen molar-refractivity contribution in [1.29, 1.82) is 0 Å². The molecular weight excluding hydrogens is 336 g/mol. The molecule has 2 aliphatic heterocycles. The Kier molecular flexibility index (Phi) is 6.68. The van der Waals surface area contributed by atoms with Gasteiger partial charge in [0.1, 0.15) is 0 Å². The highest BCUT2D eigenvalue weighted by atomic mass is 16.5. The zero-order valence-electron chi connectivity index (χ0n) is 14.8. The summed E-state index contributed by atoms with van der Waals surface area (Å²) in [6.07, 6.45) is 4.28. The summed E-state index contributed by atoms with van der Waals surface area (Å²) >= 11 is 0. The van der Waals surface area contributed by atoms with E-state index in [1.807, 2.05) is 0 Å². The number of benzene rings is 1. The Morgan fingerprint density at radius 2 is 1.23 bits per heavy atom. The predicted molar refractivity (Wildman–Crippen MR) is 98.4 cm³/mol. The van der Waals surface area contributed by atoms with Gasteiger partial charge in [-0.2, -0.15) is 0 Å². The standard InChI is InChI=1S/C18H26N4O4/c23-17(19-11-15-3-1-9-25-15)21-13-5-7-14(8-6-13)22-18(24)20-12-16-4-2-10-26-16/h5-8,15-16H,1-4,9-12H2,(H2,19,21,23)(H2,20,22,24)/t15-,16+. The molecule has 2 saturated heterocycles. The molecule has 3 rings (SSSR count). The van der Waals surface area contributed by atoms with Crippen LogP contribution in [0.1, 0.15) is 25.7 Å². The van der Waals surface area contributed by atoms with Crippen LogP contribution in [0.5, 0.6) is 0 Å². The number of carbonyl (C=O) groups is 2. The number of anilines is 2. The van der Waals surface area contributed by atoms with Crippen LogP contribution in [0.4, 0.5) is 21.0 Å². The third-order valence-electron chi connectivity index (χ3n) is 4.43.